The third-order valence-electron chi connectivity index (χ3n) is 5.63. The van der Waals surface area contributed by atoms with Crippen molar-refractivity contribution in [3.8, 4) is 11.5 Å². The van der Waals surface area contributed by atoms with Gasteiger partial charge >= 0.3 is 0 Å². The summed E-state index contributed by atoms with van der Waals surface area (Å²) in [7, 11) is -0.490. The van der Waals surface area contributed by atoms with Gasteiger partial charge in [-0.15, -0.1) is 0 Å². The molecule has 0 spiro atoms. The molecule has 3 rings (SSSR count). The van der Waals surface area contributed by atoms with Crippen LogP contribution in [0.2, 0.25) is 0 Å². The van der Waals surface area contributed by atoms with E-state index >= 15 is 0 Å². The Morgan fingerprint density at radius 1 is 1.03 bits per heavy atom. The molecule has 1 aliphatic rings. The fourth-order valence-corrected chi connectivity index (χ4v) is 5.57. The molecule has 1 aliphatic heterocycles. The van der Waals surface area contributed by atoms with E-state index < -0.39 is 10.0 Å². The zero-order valence-corrected chi connectivity index (χ0v) is 19.3. The fourth-order valence-electron chi connectivity index (χ4n) is 3.80. The van der Waals surface area contributed by atoms with Gasteiger partial charge in [0.2, 0.25) is 10.0 Å². The van der Waals surface area contributed by atoms with E-state index in [9.17, 15) is 13.2 Å². The van der Waals surface area contributed by atoms with Gasteiger partial charge < -0.3 is 14.8 Å². The minimum atomic E-state index is -3.63. The monoisotopic (exact) mass is 446 g/mol. The molecule has 2 aromatic carbocycles. The van der Waals surface area contributed by atoms with E-state index in [2.05, 4.69) is 5.32 Å². The average molecular weight is 447 g/mol. The van der Waals surface area contributed by atoms with Crippen molar-refractivity contribution in [2.75, 3.05) is 27.3 Å². The Bertz CT molecular complexity index is 1050. The summed E-state index contributed by atoms with van der Waals surface area (Å²) in [6.45, 7) is 4.63. The van der Waals surface area contributed by atoms with Crippen LogP contribution in [0.15, 0.2) is 41.3 Å². The van der Waals surface area contributed by atoms with E-state index in [0.717, 1.165) is 24.8 Å². The third kappa shape index (κ3) is 5.02. The summed E-state index contributed by atoms with van der Waals surface area (Å²) in [5.41, 5.74) is 1.70. The lowest BCUT2D eigenvalue weighted by Crippen LogP contribution is -2.36. The van der Waals surface area contributed by atoms with Crippen LogP contribution in [0.1, 0.15) is 53.7 Å². The average Bonchev–Trinajstić information content (AvgIpc) is 2.79. The number of ether oxygens (including phenoxy) is 2. The highest BCUT2D eigenvalue weighted by Crippen LogP contribution is 2.30. The van der Waals surface area contributed by atoms with Crippen LogP contribution in [-0.2, 0) is 10.0 Å². The highest BCUT2D eigenvalue weighted by atomic mass is 32.2. The molecule has 1 atom stereocenters. The molecule has 1 amide bonds. The molecule has 2 aromatic rings. The van der Waals surface area contributed by atoms with Crippen LogP contribution in [0, 0.1) is 6.92 Å². The second-order valence-electron chi connectivity index (χ2n) is 7.75. The summed E-state index contributed by atoms with van der Waals surface area (Å²) in [6.07, 6.45) is 2.76. The maximum Gasteiger partial charge on any atom is 0.251 e. The van der Waals surface area contributed by atoms with Crippen molar-refractivity contribution in [1.29, 1.82) is 0 Å². The van der Waals surface area contributed by atoms with Gasteiger partial charge in [0.25, 0.3) is 5.91 Å². The maximum atomic E-state index is 13.1. The number of carbonyl (C=O) groups is 1. The van der Waals surface area contributed by atoms with Gasteiger partial charge in [0, 0.05) is 24.2 Å². The highest BCUT2D eigenvalue weighted by Gasteiger charge is 2.28. The van der Waals surface area contributed by atoms with Crippen molar-refractivity contribution < 1.29 is 22.7 Å². The van der Waals surface area contributed by atoms with Crippen LogP contribution in [0.4, 0.5) is 0 Å². The molecule has 0 unspecified atom stereocenters. The Balaban J connectivity index is 1.85. The van der Waals surface area contributed by atoms with Crippen LogP contribution in [0.25, 0.3) is 0 Å². The Morgan fingerprint density at radius 3 is 2.39 bits per heavy atom. The van der Waals surface area contributed by atoms with Gasteiger partial charge in [-0.2, -0.15) is 4.31 Å². The molecular weight excluding hydrogens is 416 g/mol. The van der Waals surface area contributed by atoms with Crippen molar-refractivity contribution in [2.45, 2.75) is 44.0 Å². The Morgan fingerprint density at radius 2 is 1.74 bits per heavy atom. The van der Waals surface area contributed by atoms with E-state index in [1.807, 2.05) is 13.0 Å². The maximum absolute atomic E-state index is 13.1. The number of benzene rings is 2. The SMILES string of the molecule is COc1ccc(OC)c([C@@H](C)NC(=O)c2ccc(C)c(S(=O)(=O)N3CCCCC3)c2)c1. The van der Waals surface area contributed by atoms with Crippen molar-refractivity contribution in [3.05, 3.63) is 53.1 Å². The van der Waals surface area contributed by atoms with E-state index in [0.29, 0.717) is 35.7 Å². The number of hydrogen-bond acceptors (Lipinski definition) is 5. The minimum absolute atomic E-state index is 0.189. The second kappa shape index (κ2) is 9.70. The first-order chi connectivity index (χ1) is 14.8. The summed E-state index contributed by atoms with van der Waals surface area (Å²) < 4.78 is 38.5. The van der Waals surface area contributed by atoms with Crippen molar-refractivity contribution in [3.63, 3.8) is 0 Å². The summed E-state index contributed by atoms with van der Waals surface area (Å²) in [5.74, 6) is 0.931. The predicted octanol–water partition coefficient (Wildman–Crippen LogP) is 3.68. The number of sulfonamides is 1. The van der Waals surface area contributed by atoms with Crippen LogP contribution >= 0.6 is 0 Å². The van der Waals surface area contributed by atoms with Crippen LogP contribution < -0.4 is 14.8 Å². The number of amides is 1. The molecule has 0 radical (unpaired) electrons. The molecular formula is C23H30N2O5S. The fraction of sp³-hybridized carbons (Fsp3) is 0.435. The number of carbonyl (C=O) groups excluding carboxylic acids is 1. The van der Waals surface area contributed by atoms with Gasteiger partial charge in [0.15, 0.2) is 0 Å². The Labute approximate surface area is 184 Å². The summed E-state index contributed by atoms with van der Waals surface area (Å²) in [5, 5.41) is 2.93. The summed E-state index contributed by atoms with van der Waals surface area (Å²) in [6, 6.07) is 9.81. The van der Waals surface area contributed by atoms with E-state index in [1.165, 1.54) is 10.4 Å². The number of methoxy groups -OCH3 is 2. The van der Waals surface area contributed by atoms with Gasteiger partial charge in [-0.25, -0.2) is 8.42 Å². The first-order valence-corrected chi connectivity index (χ1v) is 11.9. The summed E-state index contributed by atoms with van der Waals surface area (Å²) >= 11 is 0. The molecule has 1 heterocycles. The topological polar surface area (TPSA) is 84.9 Å². The molecule has 8 heteroatoms. The highest BCUT2D eigenvalue weighted by molar-refractivity contribution is 7.89. The number of nitrogens with one attached hydrogen (secondary N) is 1. The lowest BCUT2D eigenvalue weighted by atomic mass is 10.1. The smallest absolute Gasteiger partial charge is 0.251 e. The largest absolute Gasteiger partial charge is 0.497 e. The van der Waals surface area contributed by atoms with Crippen LogP contribution in [0.5, 0.6) is 11.5 Å². The van der Waals surface area contributed by atoms with Crippen LogP contribution in [0.3, 0.4) is 0 Å². The van der Waals surface area contributed by atoms with Crippen LogP contribution in [-0.4, -0.2) is 45.9 Å². The second-order valence-corrected chi connectivity index (χ2v) is 9.65. The number of nitrogens with zero attached hydrogens (tertiary/aromatic N) is 1. The van der Waals surface area contributed by atoms with Gasteiger partial charge in [-0.05, 0) is 62.6 Å². The van der Waals surface area contributed by atoms with E-state index in [4.69, 9.17) is 9.47 Å². The van der Waals surface area contributed by atoms with Gasteiger partial charge in [-0.1, -0.05) is 12.5 Å². The van der Waals surface area contributed by atoms with Crippen molar-refractivity contribution in [2.24, 2.45) is 0 Å². The normalized spacial score (nSPS) is 15.9. The quantitative estimate of drug-likeness (QED) is 0.701. The van der Waals surface area contributed by atoms with Gasteiger partial charge in [0.1, 0.15) is 11.5 Å². The minimum Gasteiger partial charge on any atom is -0.497 e. The standard InChI is InChI=1S/C23H30N2O5S/c1-16-8-9-18(14-22(16)31(27,28)25-12-6-5-7-13-25)23(26)24-17(2)20-15-19(29-3)10-11-21(20)30-4/h8-11,14-15,17H,5-7,12-13H2,1-4H3,(H,24,26)/t17-/m1/s1. The molecule has 0 aromatic heterocycles. The lowest BCUT2D eigenvalue weighted by Gasteiger charge is -2.26. The molecule has 7 nitrogen and oxygen atoms in total. The van der Waals surface area contributed by atoms with E-state index in [1.54, 1.807) is 45.4 Å². The number of hydrogen-bond donors (Lipinski definition) is 1. The molecule has 0 aliphatic carbocycles. The first-order valence-electron chi connectivity index (χ1n) is 10.4. The molecule has 1 saturated heterocycles. The number of aryl methyl sites for hydroxylation is 1. The number of piperidine rings is 1. The first kappa shape index (κ1) is 23.1. The third-order valence-corrected chi connectivity index (χ3v) is 7.67. The zero-order chi connectivity index (χ0) is 22.6. The number of rotatable bonds is 7. The Kier molecular flexibility index (Phi) is 7.23. The molecule has 1 N–H and O–H groups in total. The molecule has 31 heavy (non-hydrogen) atoms. The Hall–Kier alpha value is -2.58. The molecule has 1 fully saturated rings. The van der Waals surface area contributed by atoms with Crippen molar-refractivity contribution in [1.82, 2.24) is 9.62 Å². The molecule has 168 valence electrons. The molecule has 0 bridgehead atoms. The van der Waals surface area contributed by atoms with Gasteiger partial charge in [0.05, 0.1) is 25.2 Å². The predicted molar refractivity (Wildman–Crippen MR) is 119 cm³/mol. The zero-order valence-electron chi connectivity index (χ0n) is 18.5. The van der Waals surface area contributed by atoms with E-state index in [-0.39, 0.29) is 16.8 Å². The lowest BCUT2D eigenvalue weighted by molar-refractivity contribution is 0.0939. The van der Waals surface area contributed by atoms with Gasteiger partial charge in [-0.3, -0.25) is 4.79 Å². The summed E-state index contributed by atoms with van der Waals surface area (Å²) in [4.78, 5) is 13.1. The van der Waals surface area contributed by atoms with Crippen molar-refractivity contribution >= 4 is 15.9 Å². The molecule has 0 saturated carbocycles.